The minimum absolute atomic E-state index is 0.0238. The Morgan fingerprint density at radius 2 is 0.508 bits per heavy atom. The van der Waals surface area contributed by atoms with Crippen molar-refractivity contribution in [3.8, 4) is 0 Å². The number of aliphatic hydroxyl groups excluding tert-OH is 2. The van der Waals surface area contributed by atoms with Gasteiger partial charge in [-0.2, -0.15) is 0 Å². The second kappa shape index (κ2) is 55.7. The van der Waals surface area contributed by atoms with Gasteiger partial charge in [0.25, 0.3) is 0 Å². The van der Waals surface area contributed by atoms with Gasteiger partial charge in [0.2, 0.25) is 5.91 Å². The Hall–Kier alpha value is -0.610. The lowest BCUT2D eigenvalue weighted by molar-refractivity contribution is -0.123. The Kier molecular flexibility index (Phi) is 55.2. The van der Waals surface area contributed by atoms with E-state index in [-0.39, 0.29) is 12.5 Å². The molecule has 0 saturated heterocycles. The first-order chi connectivity index (χ1) is 31.2. The van der Waals surface area contributed by atoms with Crippen LogP contribution in [0.15, 0.2) is 0 Å². The van der Waals surface area contributed by atoms with Crippen LogP contribution in [0.3, 0.4) is 0 Å². The van der Waals surface area contributed by atoms with E-state index < -0.39 is 12.1 Å². The number of unbranched alkanes of at least 4 members (excludes halogenated alkanes) is 49. The van der Waals surface area contributed by atoms with Gasteiger partial charge in [0.05, 0.1) is 18.8 Å². The number of amides is 1. The zero-order valence-corrected chi connectivity index (χ0v) is 43.6. The van der Waals surface area contributed by atoms with Crippen molar-refractivity contribution in [1.82, 2.24) is 5.32 Å². The first-order valence-corrected chi connectivity index (χ1v) is 29.7. The topological polar surface area (TPSA) is 69.6 Å². The Balaban J connectivity index is 3.29. The first kappa shape index (κ1) is 62.4. The smallest absolute Gasteiger partial charge is 0.220 e. The van der Waals surface area contributed by atoms with Crippen LogP contribution in [-0.2, 0) is 4.79 Å². The minimum atomic E-state index is -0.653. The summed E-state index contributed by atoms with van der Waals surface area (Å²) >= 11 is 0. The van der Waals surface area contributed by atoms with Crippen molar-refractivity contribution in [2.75, 3.05) is 6.61 Å². The molecule has 0 aromatic heterocycles. The predicted octanol–water partition coefficient (Wildman–Crippen LogP) is 19.5. The molecule has 0 spiro atoms. The Morgan fingerprint density at radius 3 is 0.714 bits per heavy atom. The number of nitrogens with one attached hydrogen (secondary N) is 1. The average molecular weight is 891 g/mol. The molecule has 0 heterocycles. The lowest BCUT2D eigenvalue weighted by Crippen LogP contribution is -2.45. The molecule has 0 aromatic rings. The second-order valence-corrected chi connectivity index (χ2v) is 20.8. The van der Waals surface area contributed by atoms with E-state index in [2.05, 4.69) is 19.2 Å². The number of carbonyl (C=O) groups excluding carboxylic acids is 1. The summed E-state index contributed by atoms with van der Waals surface area (Å²) in [5.41, 5.74) is 0. The van der Waals surface area contributed by atoms with E-state index in [4.69, 9.17) is 0 Å². The quantitative estimate of drug-likeness (QED) is 0.0533. The lowest BCUT2D eigenvalue weighted by Gasteiger charge is -2.22. The Bertz CT molecular complexity index is 834. The standard InChI is InChI=1S/C59H119NO3/c1-3-5-7-9-11-13-15-17-18-19-20-21-22-23-24-25-26-27-28-29-30-31-32-33-34-35-36-37-38-39-40-41-42-43-45-47-49-51-53-55-59(63)60-57(56-61)58(62)54-52-50-48-46-44-16-14-12-10-8-6-4-2/h57-58,61-62H,3-56H2,1-2H3,(H,60,63). The van der Waals surface area contributed by atoms with Crippen molar-refractivity contribution in [1.29, 1.82) is 0 Å². The van der Waals surface area contributed by atoms with Gasteiger partial charge in [-0.15, -0.1) is 0 Å². The maximum Gasteiger partial charge on any atom is 0.220 e. The minimum Gasteiger partial charge on any atom is -0.394 e. The van der Waals surface area contributed by atoms with Crippen LogP contribution >= 0.6 is 0 Å². The van der Waals surface area contributed by atoms with E-state index >= 15 is 0 Å². The van der Waals surface area contributed by atoms with Crippen LogP contribution in [0.4, 0.5) is 0 Å². The summed E-state index contributed by atoms with van der Waals surface area (Å²) in [6.45, 7) is 4.39. The fourth-order valence-corrected chi connectivity index (χ4v) is 9.84. The number of aliphatic hydroxyl groups is 2. The molecule has 0 aliphatic carbocycles. The van der Waals surface area contributed by atoms with E-state index in [9.17, 15) is 15.0 Å². The molecule has 378 valence electrons. The summed E-state index contributed by atoms with van der Waals surface area (Å²) in [5, 5.41) is 23.2. The summed E-state index contributed by atoms with van der Waals surface area (Å²) in [6, 6.07) is -0.530. The molecule has 4 heteroatoms. The number of hydrogen-bond acceptors (Lipinski definition) is 3. The van der Waals surface area contributed by atoms with Gasteiger partial charge in [0, 0.05) is 6.42 Å². The summed E-state index contributed by atoms with van der Waals surface area (Å²) in [4.78, 5) is 12.4. The maximum absolute atomic E-state index is 12.4. The molecule has 0 aromatic carbocycles. The van der Waals surface area contributed by atoms with Crippen molar-refractivity contribution in [3.05, 3.63) is 0 Å². The van der Waals surface area contributed by atoms with Gasteiger partial charge in [-0.1, -0.05) is 335 Å². The third-order valence-electron chi connectivity index (χ3n) is 14.4. The molecular weight excluding hydrogens is 771 g/mol. The number of carbonyl (C=O) groups is 1. The Labute approximate surface area is 397 Å². The predicted molar refractivity (Wildman–Crippen MR) is 281 cm³/mol. The fraction of sp³-hybridized carbons (Fsp3) is 0.983. The second-order valence-electron chi connectivity index (χ2n) is 20.8. The highest BCUT2D eigenvalue weighted by Gasteiger charge is 2.20. The van der Waals surface area contributed by atoms with Crippen LogP contribution in [0.25, 0.3) is 0 Å². The summed E-state index contributed by atoms with van der Waals surface area (Å²) in [6.07, 6.45) is 71.3. The summed E-state index contributed by atoms with van der Waals surface area (Å²) < 4.78 is 0. The van der Waals surface area contributed by atoms with Gasteiger partial charge in [-0.3, -0.25) is 4.79 Å². The van der Waals surface area contributed by atoms with Crippen LogP contribution < -0.4 is 5.32 Å². The fourth-order valence-electron chi connectivity index (χ4n) is 9.84. The highest BCUT2D eigenvalue weighted by atomic mass is 16.3. The lowest BCUT2D eigenvalue weighted by atomic mass is 10.0. The molecule has 0 fully saturated rings. The molecule has 0 aliphatic heterocycles. The molecule has 1 amide bonds. The molecule has 0 aliphatic rings. The van der Waals surface area contributed by atoms with Gasteiger partial charge < -0.3 is 15.5 Å². The maximum atomic E-state index is 12.4. The molecule has 2 unspecified atom stereocenters. The summed E-state index contributed by atoms with van der Waals surface area (Å²) in [7, 11) is 0. The van der Waals surface area contributed by atoms with Gasteiger partial charge in [0.1, 0.15) is 0 Å². The van der Waals surface area contributed by atoms with Crippen molar-refractivity contribution in [2.24, 2.45) is 0 Å². The highest BCUT2D eigenvalue weighted by molar-refractivity contribution is 5.76. The monoisotopic (exact) mass is 890 g/mol. The molecule has 4 nitrogen and oxygen atoms in total. The molecule has 0 radical (unpaired) electrons. The van der Waals surface area contributed by atoms with E-state index in [1.807, 2.05) is 0 Å². The first-order valence-electron chi connectivity index (χ1n) is 29.7. The van der Waals surface area contributed by atoms with Gasteiger partial charge in [0.15, 0.2) is 0 Å². The highest BCUT2D eigenvalue weighted by Crippen LogP contribution is 2.19. The molecule has 63 heavy (non-hydrogen) atoms. The van der Waals surface area contributed by atoms with Crippen LogP contribution in [0.1, 0.15) is 354 Å². The molecule has 3 N–H and O–H groups in total. The van der Waals surface area contributed by atoms with Gasteiger partial charge in [-0.25, -0.2) is 0 Å². The molecule has 0 rings (SSSR count). The Morgan fingerprint density at radius 1 is 0.317 bits per heavy atom. The number of rotatable bonds is 56. The van der Waals surface area contributed by atoms with E-state index in [1.54, 1.807) is 0 Å². The summed E-state index contributed by atoms with van der Waals surface area (Å²) in [5.74, 6) is -0.0238. The van der Waals surface area contributed by atoms with Crippen molar-refractivity contribution in [2.45, 2.75) is 366 Å². The van der Waals surface area contributed by atoms with E-state index in [1.165, 1.54) is 302 Å². The molecular formula is C59H119NO3. The molecule has 2 atom stereocenters. The van der Waals surface area contributed by atoms with E-state index in [0.717, 1.165) is 25.7 Å². The van der Waals surface area contributed by atoms with Crippen molar-refractivity contribution < 1.29 is 15.0 Å². The zero-order valence-electron chi connectivity index (χ0n) is 43.6. The van der Waals surface area contributed by atoms with Gasteiger partial charge >= 0.3 is 0 Å². The number of hydrogen-bond donors (Lipinski definition) is 3. The van der Waals surface area contributed by atoms with E-state index in [0.29, 0.717) is 12.8 Å². The van der Waals surface area contributed by atoms with Crippen LogP contribution in [0, 0.1) is 0 Å². The van der Waals surface area contributed by atoms with Crippen molar-refractivity contribution in [3.63, 3.8) is 0 Å². The zero-order chi connectivity index (χ0) is 45.6. The average Bonchev–Trinajstić information content (AvgIpc) is 3.29. The van der Waals surface area contributed by atoms with Crippen molar-refractivity contribution >= 4 is 5.91 Å². The SMILES string of the molecule is CCCCCCCCCCCCCCCCCCCCCCCCCCCCCCCCCCCCCCCCCC(=O)NC(CO)C(O)CCCCCCCCCCCCCC. The van der Waals surface area contributed by atoms with Gasteiger partial charge in [-0.05, 0) is 12.8 Å². The third-order valence-corrected chi connectivity index (χ3v) is 14.4. The third kappa shape index (κ3) is 52.2. The van der Waals surface area contributed by atoms with Crippen LogP contribution in [0.2, 0.25) is 0 Å². The molecule has 0 saturated carbocycles. The molecule has 0 bridgehead atoms. The van der Waals surface area contributed by atoms with Crippen LogP contribution in [-0.4, -0.2) is 34.9 Å². The largest absolute Gasteiger partial charge is 0.394 e. The van der Waals surface area contributed by atoms with Crippen LogP contribution in [0.5, 0.6) is 0 Å². The normalized spacial score (nSPS) is 12.6.